The van der Waals surface area contributed by atoms with E-state index in [9.17, 15) is 0 Å². The average molecular weight is 261 g/mol. The number of methoxy groups -OCH3 is 1. The van der Waals surface area contributed by atoms with Gasteiger partial charge in [0.25, 0.3) is 0 Å². The summed E-state index contributed by atoms with van der Waals surface area (Å²) in [6.45, 7) is 2.00. The Hall–Kier alpha value is -1.86. The number of ether oxygens (including phenoxy) is 3. The summed E-state index contributed by atoms with van der Waals surface area (Å²) >= 11 is 0. The molecule has 1 N–H and O–H groups in total. The van der Waals surface area contributed by atoms with Gasteiger partial charge in [0.15, 0.2) is 11.5 Å². The van der Waals surface area contributed by atoms with Gasteiger partial charge < -0.3 is 19.5 Å². The van der Waals surface area contributed by atoms with Crippen LogP contribution in [0.1, 0.15) is 24.8 Å². The highest BCUT2D eigenvalue weighted by atomic mass is 16.7. The van der Waals surface area contributed by atoms with Gasteiger partial charge in [-0.2, -0.15) is 0 Å². The third kappa shape index (κ3) is 3.55. The van der Waals surface area contributed by atoms with Gasteiger partial charge in [-0.05, 0) is 37.1 Å². The summed E-state index contributed by atoms with van der Waals surface area (Å²) in [5.74, 6) is 4.81. The molecule has 19 heavy (non-hydrogen) atoms. The van der Waals surface area contributed by atoms with Crippen LogP contribution >= 0.6 is 0 Å². The number of terminal acetylenes is 1. The topological polar surface area (TPSA) is 39.7 Å². The Kier molecular flexibility index (Phi) is 4.93. The fourth-order valence-corrected chi connectivity index (χ4v) is 2.00. The zero-order chi connectivity index (χ0) is 13.5. The first-order valence-electron chi connectivity index (χ1n) is 6.46. The molecular weight excluding hydrogens is 242 g/mol. The highest BCUT2D eigenvalue weighted by Gasteiger charge is 2.19. The molecule has 0 atom stereocenters. The molecule has 1 aromatic rings. The van der Waals surface area contributed by atoms with Crippen molar-refractivity contribution in [3.8, 4) is 29.6 Å². The zero-order valence-electron chi connectivity index (χ0n) is 11.2. The maximum absolute atomic E-state index is 5.39. The number of benzene rings is 1. The summed E-state index contributed by atoms with van der Waals surface area (Å²) in [7, 11) is 1.63. The fourth-order valence-electron chi connectivity index (χ4n) is 2.00. The number of hydrogen-bond donors (Lipinski definition) is 1. The molecule has 0 unspecified atom stereocenters. The first-order chi connectivity index (χ1) is 9.35. The molecule has 0 radical (unpaired) electrons. The van der Waals surface area contributed by atoms with Gasteiger partial charge in [0.1, 0.15) is 0 Å². The molecule has 0 aliphatic carbocycles. The van der Waals surface area contributed by atoms with E-state index in [1.807, 2.05) is 12.1 Å². The highest BCUT2D eigenvalue weighted by molar-refractivity contribution is 5.55. The largest absolute Gasteiger partial charge is 0.493 e. The molecule has 4 nitrogen and oxygen atoms in total. The minimum atomic E-state index is 0.259. The SMILES string of the molecule is C#CCCCCNCc1cc(OC)c2c(c1)OCO2. The second-order valence-corrected chi connectivity index (χ2v) is 4.37. The van der Waals surface area contributed by atoms with E-state index in [0.29, 0.717) is 5.75 Å². The molecular formula is C15H19NO3. The fraction of sp³-hybridized carbons (Fsp3) is 0.467. The van der Waals surface area contributed by atoms with E-state index in [1.165, 1.54) is 0 Å². The summed E-state index contributed by atoms with van der Waals surface area (Å²) in [6.07, 6.45) is 8.21. The van der Waals surface area contributed by atoms with E-state index < -0.39 is 0 Å². The van der Waals surface area contributed by atoms with E-state index in [2.05, 4.69) is 11.2 Å². The van der Waals surface area contributed by atoms with E-state index in [1.54, 1.807) is 7.11 Å². The molecule has 4 heteroatoms. The minimum absolute atomic E-state index is 0.259. The second kappa shape index (κ2) is 6.91. The summed E-state index contributed by atoms with van der Waals surface area (Å²) in [5.41, 5.74) is 1.12. The molecule has 2 rings (SSSR count). The highest BCUT2D eigenvalue weighted by Crippen LogP contribution is 2.41. The molecule has 0 amide bonds. The molecule has 102 valence electrons. The maximum Gasteiger partial charge on any atom is 0.231 e. The van der Waals surface area contributed by atoms with Crippen molar-refractivity contribution in [1.82, 2.24) is 5.32 Å². The van der Waals surface area contributed by atoms with Crippen molar-refractivity contribution in [2.45, 2.75) is 25.8 Å². The van der Waals surface area contributed by atoms with Crippen molar-refractivity contribution < 1.29 is 14.2 Å². The first kappa shape index (κ1) is 13.6. The predicted molar refractivity (Wildman–Crippen MR) is 73.5 cm³/mol. The molecule has 0 aromatic heterocycles. The average Bonchev–Trinajstić information content (AvgIpc) is 2.90. The Morgan fingerprint density at radius 3 is 3.05 bits per heavy atom. The van der Waals surface area contributed by atoms with Crippen molar-refractivity contribution in [3.05, 3.63) is 17.7 Å². The van der Waals surface area contributed by atoms with Crippen LogP contribution in [-0.4, -0.2) is 20.4 Å². The van der Waals surface area contributed by atoms with Gasteiger partial charge in [0, 0.05) is 13.0 Å². The molecule has 1 aliphatic rings. The molecule has 0 bridgehead atoms. The van der Waals surface area contributed by atoms with Crippen molar-refractivity contribution in [1.29, 1.82) is 0 Å². The molecule has 0 spiro atoms. The number of fused-ring (bicyclic) bond motifs is 1. The van der Waals surface area contributed by atoms with Crippen molar-refractivity contribution in [2.24, 2.45) is 0 Å². The predicted octanol–water partition coefficient (Wildman–Crippen LogP) is 2.32. The Morgan fingerprint density at radius 2 is 2.26 bits per heavy atom. The van der Waals surface area contributed by atoms with Crippen LogP contribution in [0.15, 0.2) is 12.1 Å². The van der Waals surface area contributed by atoms with Crippen LogP contribution in [-0.2, 0) is 6.54 Å². The molecule has 0 saturated heterocycles. The van der Waals surface area contributed by atoms with Gasteiger partial charge in [0.2, 0.25) is 12.5 Å². The van der Waals surface area contributed by atoms with Crippen molar-refractivity contribution in [2.75, 3.05) is 20.4 Å². The van der Waals surface area contributed by atoms with Crippen LogP contribution in [0.5, 0.6) is 17.2 Å². The third-order valence-corrected chi connectivity index (χ3v) is 2.97. The van der Waals surface area contributed by atoms with Gasteiger partial charge in [0.05, 0.1) is 7.11 Å². The van der Waals surface area contributed by atoms with Crippen LogP contribution < -0.4 is 19.5 Å². The van der Waals surface area contributed by atoms with Crippen LogP contribution in [0.4, 0.5) is 0 Å². The molecule has 1 heterocycles. The summed E-state index contributed by atoms with van der Waals surface area (Å²) in [5, 5.41) is 3.38. The van der Waals surface area contributed by atoms with Crippen molar-refractivity contribution >= 4 is 0 Å². The van der Waals surface area contributed by atoms with Gasteiger partial charge in [-0.1, -0.05) is 0 Å². The Labute approximate surface area is 114 Å². The van der Waals surface area contributed by atoms with Crippen LogP contribution in [0.3, 0.4) is 0 Å². The first-order valence-corrected chi connectivity index (χ1v) is 6.46. The van der Waals surface area contributed by atoms with E-state index >= 15 is 0 Å². The third-order valence-electron chi connectivity index (χ3n) is 2.97. The molecule has 1 aliphatic heterocycles. The van der Waals surface area contributed by atoms with Gasteiger partial charge in [-0.25, -0.2) is 0 Å². The lowest BCUT2D eigenvalue weighted by atomic mass is 10.1. The lowest BCUT2D eigenvalue weighted by Crippen LogP contribution is -2.14. The summed E-state index contributed by atoms with van der Waals surface area (Å²) in [6, 6.07) is 3.96. The van der Waals surface area contributed by atoms with Crippen LogP contribution in [0, 0.1) is 12.3 Å². The Bertz CT molecular complexity index is 465. The molecule has 0 saturated carbocycles. The Morgan fingerprint density at radius 1 is 1.37 bits per heavy atom. The monoisotopic (exact) mass is 261 g/mol. The van der Waals surface area contributed by atoms with Crippen molar-refractivity contribution in [3.63, 3.8) is 0 Å². The normalized spacial score (nSPS) is 12.2. The van der Waals surface area contributed by atoms with E-state index in [4.69, 9.17) is 20.6 Å². The number of unbranched alkanes of at least 4 members (excludes halogenated alkanes) is 2. The van der Waals surface area contributed by atoms with Crippen LogP contribution in [0.25, 0.3) is 0 Å². The van der Waals surface area contributed by atoms with Crippen LogP contribution in [0.2, 0.25) is 0 Å². The Balaban J connectivity index is 1.86. The quantitative estimate of drug-likeness (QED) is 0.604. The molecule has 0 fully saturated rings. The zero-order valence-corrected chi connectivity index (χ0v) is 11.2. The van der Waals surface area contributed by atoms with Gasteiger partial charge in [-0.15, -0.1) is 12.3 Å². The number of nitrogens with one attached hydrogen (secondary N) is 1. The standard InChI is InChI=1S/C15H19NO3/c1-3-4-5-6-7-16-10-12-8-13(17-2)15-14(9-12)18-11-19-15/h1,8-9,16H,4-7,10-11H2,2H3. The van der Waals surface area contributed by atoms with Gasteiger partial charge >= 0.3 is 0 Å². The maximum atomic E-state index is 5.39. The molecule has 1 aromatic carbocycles. The second-order valence-electron chi connectivity index (χ2n) is 4.37. The van der Waals surface area contributed by atoms with E-state index in [0.717, 1.165) is 49.4 Å². The summed E-state index contributed by atoms with van der Waals surface area (Å²) < 4.78 is 16.1. The lowest BCUT2D eigenvalue weighted by Gasteiger charge is -2.09. The smallest absolute Gasteiger partial charge is 0.231 e. The number of rotatable bonds is 7. The number of hydrogen-bond acceptors (Lipinski definition) is 4. The van der Waals surface area contributed by atoms with Gasteiger partial charge in [-0.3, -0.25) is 0 Å². The summed E-state index contributed by atoms with van der Waals surface area (Å²) in [4.78, 5) is 0. The lowest BCUT2D eigenvalue weighted by molar-refractivity contribution is 0.171. The minimum Gasteiger partial charge on any atom is -0.493 e. The van der Waals surface area contributed by atoms with E-state index in [-0.39, 0.29) is 6.79 Å².